The van der Waals surface area contributed by atoms with E-state index in [0.29, 0.717) is 11.3 Å². The Balaban J connectivity index is 1.68. The van der Waals surface area contributed by atoms with Crippen LogP contribution in [0, 0.1) is 13.8 Å². The monoisotopic (exact) mass is 399 g/mol. The first-order chi connectivity index (χ1) is 14.4. The molecule has 0 saturated carbocycles. The third-order valence-corrected chi connectivity index (χ3v) is 4.89. The molecule has 0 aliphatic rings. The lowest BCUT2D eigenvalue weighted by Gasteiger charge is -2.11. The zero-order valence-electron chi connectivity index (χ0n) is 17.7. The molecule has 0 radical (unpaired) electrons. The van der Waals surface area contributed by atoms with Gasteiger partial charge in [0.15, 0.2) is 11.6 Å². The fourth-order valence-corrected chi connectivity index (χ4v) is 3.61. The zero-order valence-corrected chi connectivity index (χ0v) is 17.7. The number of rotatable bonds is 6. The summed E-state index contributed by atoms with van der Waals surface area (Å²) in [7, 11) is 0. The van der Waals surface area contributed by atoms with Gasteiger partial charge in [0.25, 0.3) is 0 Å². The molecule has 0 fully saturated rings. The summed E-state index contributed by atoms with van der Waals surface area (Å²) in [4.78, 5) is 17.9. The van der Waals surface area contributed by atoms with Gasteiger partial charge < -0.3 is 4.74 Å². The molecule has 5 heteroatoms. The summed E-state index contributed by atoms with van der Waals surface area (Å²) < 4.78 is 7.56. The summed E-state index contributed by atoms with van der Waals surface area (Å²) in [5.74, 6) is 1.49. The van der Waals surface area contributed by atoms with E-state index in [-0.39, 0.29) is 18.3 Å². The first kappa shape index (κ1) is 19.8. The number of aryl methyl sites for hydroxylation is 2. The van der Waals surface area contributed by atoms with Crippen LogP contribution in [-0.4, -0.2) is 26.7 Å². The van der Waals surface area contributed by atoms with Gasteiger partial charge in [-0.15, -0.1) is 0 Å². The Morgan fingerprint density at radius 3 is 2.57 bits per heavy atom. The number of Topliss-reactive ketones (excluding diaryl/α,β-unsaturated/α-hetero) is 1. The van der Waals surface area contributed by atoms with E-state index in [4.69, 9.17) is 9.72 Å². The molecule has 0 spiro atoms. The summed E-state index contributed by atoms with van der Waals surface area (Å²) in [5.41, 5.74) is 4.33. The molecule has 2 aromatic carbocycles. The molecule has 5 nitrogen and oxygen atoms in total. The molecule has 0 atom stereocenters. The summed E-state index contributed by atoms with van der Waals surface area (Å²) in [6.07, 6.45) is 0.334. The van der Waals surface area contributed by atoms with Crippen molar-refractivity contribution < 1.29 is 9.53 Å². The van der Waals surface area contributed by atoms with Crippen LogP contribution in [-0.2, 0) is 6.42 Å². The minimum Gasteiger partial charge on any atom is -0.491 e. The van der Waals surface area contributed by atoms with Crippen molar-refractivity contribution in [2.75, 3.05) is 0 Å². The third kappa shape index (κ3) is 4.10. The fourth-order valence-electron chi connectivity index (χ4n) is 3.61. The van der Waals surface area contributed by atoms with Gasteiger partial charge in [0.2, 0.25) is 0 Å². The molecule has 0 amide bonds. The topological polar surface area (TPSA) is 57.0 Å². The number of aromatic nitrogens is 3. The third-order valence-electron chi connectivity index (χ3n) is 4.89. The molecule has 152 valence electrons. The van der Waals surface area contributed by atoms with Crippen LogP contribution in [0.3, 0.4) is 0 Å². The maximum Gasteiger partial charge on any atom is 0.167 e. The number of benzene rings is 2. The maximum atomic E-state index is 13.0. The van der Waals surface area contributed by atoms with Gasteiger partial charge in [-0.25, -0.2) is 9.67 Å². The van der Waals surface area contributed by atoms with Gasteiger partial charge >= 0.3 is 0 Å². The molecule has 0 N–H and O–H groups in total. The van der Waals surface area contributed by atoms with E-state index in [1.807, 2.05) is 93.0 Å². The molecular formula is C25H25N3O2. The predicted molar refractivity (Wildman–Crippen MR) is 119 cm³/mol. The fraction of sp³-hybridized carbons (Fsp3) is 0.240. The highest BCUT2D eigenvalue weighted by atomic mass is 16.5. The lowest BCUT2D eigenvalue weighted by molar-refractivity contribution is 0.0992. The number of carbonyl (C=O) groups is 1. The molecule has 0 unspecified atom stereocenters. The number of fused-ring (bicyclic) bond motifs is 1. The summed E-state index contributed by atoms with van der Waals surface area (Å²) >= 11 is 0. The van der Waals surface area contributed by atoms with Gasteiger partial charge in [-0.3, -0.25) is 4.79 Å². The number of pyridine rings is 1. The van der Waals surface area contributed by atoms with Crippen LogP contribution in [0.2, 0.25) is 0 Å². The maximum absolute atomic E-state index is 13.0. The Morgan fingerprint density at radius 2 is 1.83 bits per heavy atom. The highest BCUT2D eigenvalue weighted by Crippen LogP contribution is 2.22. The molecule has 2 aromatic heterocycles. The van der Waals surface area contributed by atoms with E-state index >= 15 is 0 Å². The number of hydrogen-bond donors (Lipinski definition) is 0. The summed E-state index contributed by atoms with van der Waals surface area (Å²) in [6, 6.07) is 19.3. The molecule has 0 aliphatic heterocycles. The van der Waals surface area contributed by atoms with E-state index in [0.717, 1.165) is 33.7 Å². The molecule has 0 aliphatic carbocycles. The van der Waals surface area contributed by atoms with Gasteiger partial charge in [0.05, 0.1) is 17.3 Å². The Bertz CT molecular complexity index is 1220. The molecule has 0 saturated heterocycles. The molecule has 4 rings (SSSR count). The van der Waals surface area contributed by atoms with Crippen molar-refractivity contribution in [3.05, 3.63) is 83.2 Å². The number of para-hydroxylation sites is 1. The van der Waals surface area contributed by atoms with Crippen molar-refractivity contribution in [2.45, 2.75) is 40.2 Å². The van der Waals surface area contributed by atoms with E-state index in [2.05, 4.69) is 5.10 Å². The van der Waals surface area contributed by atoms with Crippen molar-refractivity contribution in [3.8, 4) is 11.6 Å². The van der Waals surface area contributed by atoms with E-state index in [9.17, 15) is 4.79 Å². The minimum atomic E-state index is 0.0371. The van der Waals surface area contributed by atoms with Crippen LogP contribution < -0.4 is 4.74 Å². The highest BCUT2D eigenvalue weighted by Gasteiger charge is 2.13. The van der Waals surface area contributed by atoms with Gasteiger partial charge in [-0.1, -0.05) is 30.3 Å². The molecular weight excluding hydrogens is 374 g/mol. The highest BCUT2D eigenvalue weighted by molar-refractivity contribution is 5.99. The first-order valence-electron chi connectivity index (χ1n) is 10.1. The van der Waals surface area contributed by atoms with E-state index in [1.54, 1.807) is 0 Å². The Labute approximate surface area is 176 Å². The average Bonchev–Trinajstić information content (AvgIpc) is 3.05. The van der Waals surface area contributed by atoms with Crippen LogP contribution in [0.4, 0.5) is 0 Å². The minimum absolute atomic E-state index is 0.0371. The SMILES string of the molecule is Cc1cc(C)n(-c2ccc3cccc(CC(=O)c4cccc(OC(C)C)c4)c3n2)n1. The Morgan fingerprint density at radius 1 is 1.03 bits per heavy atom. The zero-order chi connectivity index (χ0) is 21.3. The van der Waals surface area contributed by atoms with Crippen molar-refractivity contribution >= 4 is 16.7 Å². The first-order valence-corrected chi connectivity index (χ1v) is 10.1. The van der Waals surface area contributed by atoms with Crippen LogP contribution in [0.5, 0.6) is 5.75 Å². The number of ketones is 1. The second kappa shape index (κ2) is 8.11. The molecule has 4 aromatic rings. The van der Waals surface area contributed by atoms with Crippen molar-refractivity contribution in [1.82, 2.24) is 14.8 Å². The lowest BCUT2D eigenvalue weighted by Crippen LogP contribution is -2.08. The second-order valence-electron chi connectivity index (χ2n) is 7.79. The van der Waals surface area contributed by atoms with Crippen LogP contribution >= 0.6 is 0 Å². The number of ether oxygens (including phenoxy) is 1. The van der Waals surface area contributed by atoms with Crippen LogP contribution in [0.1, 0.15) is 41.2 Å². The van der Waals surface area contributed by atoms with Crippen molar-refractivity contribution in [3.63, 3.8) is 0 Å². The second-order valence-corrected chi connectivity index (χ2v) is 7.79. The number of carbonyl (C=O) groups excluding carboxylic acids is 1. The van der Waals surface area contributed by atoms with Crippen LogP contribution in [0.25, 0.3) is 16.7 Å². The van der Waals surface area contributed by atoms with Gasteiger partial charge in [0.1, 0.15) is 5.75 Å². The van der Waals surface area contributed by atoms with E-state index < -0.39 is 0 Å². The van der Waals surface area contributed by atoms with Gasteiger partial charge in [-0.2, -0.15) is 5.10 Å². The molecule has 30 heavy (non-hydrogen) atoms. The standard InChI is InChI=1S/C25H25N3O2/c1-16(2)30-22-10-6-8-20(14-22)23(29)15-21-9-5-7-19-11-12-24(26-25(19)21)28-18(4)13-17(3)27-28/h5-14,16H,15H2,1-4H3. The summed E-state index contributed by atoms with van der Waals surface area (Å²) in [6.45, 7) is 7.91. The number of hydrogen-bond acceptors (Lipinski definition) is 4. The van der Waals surface area contributed by atoms with Crippen molar-refractivity contribution in [1.29, 1.82) is 0 Å². The quantitative estimate of drug-likeness (QED) is 0.416. The predicted octanol–water partition coefficient (Wildman–Crippen LogP) is 5.25. The molecule has 0 bridgehead atoms. The Hall–Kier alpha value is -3.47. The smallest absolute Gasteiger partial charge is 0.167 e. The van der Waals surface area contributed by atoms with E-state index in [1.165, 1.54) is 0 Å². The lowest BCUT2D eigenvalue weighted by atomic mass is 10.0. The normalized spacial score (nSPS) is 11.2. The van der Waals surface area contributed by atoms with Gasteiger partial charge in [0, 0.05) is 23.1 Å². The largest absolute Gasteiger partial charge is 0.491 e. The number of nitrogens with zero attached hydrogens (tertiary/aromatic N) is 3. The summed E-state index contributed by atoms with van der Waals surface area (Å²) in [5, 5.41) is 5.53. The van der Waals surface area contributed by atoms with Gasteiger partial charge in [-0.05, 0) is 63.6 Å². The van der Waals surface area contributed by atoms with Crippen molar-refractivity contribution in [2.24, 2.45) is 0 Å². The average molecular weight is 399 g/mol. The Kier molecular flexibility index (Phi) is 5.36. The molecule has 2 heterocycles. The van der Waals surface area contributed by atoms with Crippen LogP contribution in [0.15, 0.2) is 60.7 Å².